The maximum Gasteiger partial charge on any atom is 0.237 e. The molecule has 1 amide bonds. The molecule has 0 aliphatic rings. The van der Waals surface area contributed by atoms with E-state index in [1.807, 2.05) is 0 Å². The molecule has 0 aromatic carbocycles. The first-order valence-electron chi connectivity index (χ1n) is 5.70. The Morgan fingerprint density at radius 3 is 2.62 bits per heavy atom. The molecule has 0 rings (SSSR count). The number of nitrogens with one attached hydrogen (secondary N) is 1. The largest absolute Gasteiger partial charge is 0.382 e. The fourth-order valence-electron chi connectivity index (χ4n) is 1.30. The molecular formula is C11H24N2O3. The predicted octanol–water partition coefficient (Wildman–Crippen LogP) is 0.282. The second-order valence-corrected chi connectivity index (χ2v) is 3.81. The number of carbonyl (C=O) groups excluding carboxylic acids is 1. The van der Waals surface area contributed by atoms with E-state index in [-0.39, 0.29) is 12.0 Å². The van der Waals surface area contributed by atoms with Crippen molar-refractivity contribution in [3.05, 3.63) is 0 Å². The number of nitrogens with two attached hydrogens (primary N) is 1. The van der Waals surface area contributed by atoms with Crippen molar-refractivity contribution in [3.63, 3.8) is 0 Å². The SMILES string of the molecule is CCCCC(N)C(=O)NCC(COC)OC. The lowest BCUT2D eigenvalue weighted by Gasteiger charge is -2.17. The lowest BCUT2D eigenvalue weighted by atomic mass is 10.1. The van der Waals surface area contributed by atoms with Gasteiger partial charge in [-0.15, -0.1) is 0 Å². The second-order valence-electron chi connectivity index (χ2n) is 3.81. The van der Waals surface area contributed by atoms with Crippen LogP contribution in [0, 0.1) is 0 Å². The van der Waals surface area contributed by atoms with E-state index in [4.69, 9.17) is 15.2 Å². The highest BCUT2D eigenvalue weighted by Gasteiger charge is 2.14. The lowest BCUT2D eigenvalue weighted by molar-refractivity contribution is -0.123. The number of hydrogen-bond donors (Lipinski definition) is 2. The van der Waals surface area contributed by atoms with Gasteiger partial charge in [0.2, 0.25) is 5.91 Å². The molecule has 0 spiro atoms. The van der Waals surface area contributed by atoms with Crippen LogP contribution in [-0.4, -0.2) is 45.4 Å². The summed E-state index contributed by atoms with van der Waals surface area (Å²) in [7, 11) is 3.19. The quantitative estimate of drug-likeness (QED) is 0.599. The fourth-order valence-corrected chi connectivity index (χ4v) is 1.30. The molecule has 0 radical (unpaired) electrons. The third-order valence-electron chi connectivity index (χ3n) is 2.40. The van der Waals surface area contributed by atoms with Crippen molar-refractivity contribution in [3.8, 4) is 0 Å². The minimum absolute atomic E-state index is 0.118. The summed E-state index contributed by atoms with van der Waals surface area (Å²) in [5.41, 5.74) is 5.72. The van der Waals surface area contributed by atoms with E-state index in [0.717, 1.165) is 19.3 Å². The molecule has 0 aromatic rings. The summed E-state index contributed by atoms with van der Waals surface area (Å²) in [6.45, 7) is 2.97. The Morgan fingerprint density at radius 2 is 2.12 bits per heavy atom. The molecule has 0 saturated heterocycles. The number of carbonyl (C=O) groups is 1. The van der Waals surface area contributed by atoms with Gasteiger partial charge < -0.3 is 20.5 Å². The van der Waals surface area contributed by atoms with Crippen molar-refractivity contribution >= 4 is 5.91 Å². The Balaban J connectivity index is 3.76. The summed E-state index contributed by atoms with van der Waals surface area (Å²) >= 11 is 0. The van der Waals surface area contributed by atoms with Crippen LogP contribution in [0.15, 0.2) is 0 Å². The van der Waals surface area contributed by atoms with E-state index in [9.17, 15) is 4.79 Å². The summed E-state index contributed by atoms with van der Waals surface area (Å²) in [5, 5.41) is 2.76. The van der Waals surface area contributed by atoms with Crippen LogP contribution in [-0.2, 0) is 14.3 Å². The minimum Gasteiger partial charge on any atom is -0.382 e. The topological polar surface area (TPSA) is 73.6 Å². The molecule has 0 bridgehead atoms. The van der Waals surface area contributed by atoms with Crippen LogP contribution in [0.3, 0.4) is 0 Å². The molecule has 0 saturated carbocycles. The summed E-state index contributed by atoms with van der Waals surface area (Å²) in [4.78, 5) is 11.5. The monoisotopic (exact) mass is 232 g/mol. The van der Waals surface area contributed by atoms with Crippen LogP contribution in [0.2, 0.25) is 0 Å². The van der Waals surface area contributed by atoms with E-state index >= 15 is 0 Å². The number of ether oxygens (including phenoxy) is 2. The van der Waals surface area contributed by atoms with Crippen LogP contribution in [0.25, 0.3) is 0 Å². The molecule has 96 valence electrons. The van der Waals surface area contributed by atoms with Crippen molar-refractivity contribution in [1.82, 2.24) is 5.32 Å². The average molecular weight is 232 g/mol. The van der Waals surface area contributed by atoms with Crippen molar-refractivity contribution in [2.45, 2.75) is 38.3 Å². The highest BCUT2D eigenvalue weighted by molar-refractivity contribution is 5.81. The van der Waals surface area contributed by atoms with E-state index in [2.05, 4.69) is 12.2 Å². The highest BCUT2D eigenvalue weighted by atomic mass is 16.5. The standard InChI is InChI=1S/C11H24N2O3/c1-4-5-6-10(12)11(14)13-7-9(16-3)8-15-2/h9-10H,4-8,12H2,1-3H3,(H,13,14). The third-order valence-corrected chi connectivity index (χ3v) is 2.40. The molecule has 2 unspecified atom stereocenters. The van der Waals surface area contributed by atoms with Gasteiger partial charge in [0.1, 0.15) is 0 Å². The van der Waals surface area contributed by atoms with Gasteiger partial charge in [-0.3, -0.25) is 4.79 Å². The molecular weight excluding hydrogens is 208 g/mol. The number of methoxy groups -OCH3 is 2. The van der Waals surface area contributed by atoms with Crippen molar-refractivity contribution in [1.29, 1.82) is 0 Å². The first-order chi connectivity index (χ1) is 7.65. The first kappa shape index (κ1) is 15.3. The molecule has 3 N–H and O–H groups in total. The molecule has 5 nitrogen and oxygen atoms in total. The molecule has 16 heavy (non-hydrogen) atoms. The Bertz CT molecular complexity index is 188. The number of hydrogen-bond acceptors (Lipinski definition) is 4. The van der Waals surface area contributed by atoms with Crippen molar-refractivity contribution < 1.29 is 14.3 Å². The van der Waals surface area contributed by atoms with E-state index in [1.54, 1.807) is 14.2 Å². The van der Waals surface area contributed by atoms with Gasteiger partial charge in [-0.05, 0) is 6.42 Å². The van der Waals surface area contributed by atoms with Crippen LogP contribution in [0.1, 0.15) is 26.2 Å². The average Bonchev–Trinajstić information content (AvgIpc) is 2.30. The molecule has 2 atom stereocenters. The summed E-state index contributed by atoms with van der Waals surface area (Å²) in [6.07, 6.45) is 2.63. The van der Waals surface area contributed by atoms with Gasteiger partial charge in [0.05, 0.1) is 18.8 Å². The summed E-state index contributed by atoms with van der Waals surface area (Å²) in [6, 6.07) is -0.417. The van der Waals surface area contributed by atoms with Gasteiger partial charge in [0.25, 0.3) is 0 Å². The van der Waals surface area contributed by atoms with Crippen LogP contribution in [0.5, 0.6) is 0 Å². The number of unbranched alkanes of at least 4 members (excludes halogenated alkanes) is 1. The molecule has 0 aliphatic heterocycles. The van der Waals surface area contributed by atoms with Crippen LogP contribution in [0.4, 0.5) is 0 Å². The van der Waals surface area contributed by atoms with Gasteiger partial charge in [-0.25, -0.2) is 0 Å². The highest BCUT2D eigenvalue weighted by Crippen LogP contribution is 1.98. The minimum atomic E-state index is -0.417. The second kappa shape index (κ2) is 9.57. The van der Waals surface area contributed by atoms with Gasteiger partial charge in [0, 0.05) is 20.8 Å². The van der Waals surface area contributed by atoms with E-state index in [0.29, 0.717) is 13.2 Å². The molecule has 0 heterocycles. The van der Waals surface area contributed by atoms with E-state index < -0.39 is 6.04 Å². The zero-order chi connectivity index (χ0) is 12.4. The van der Waals surface area contributed by atoms with Crippen LogP contribution < -0.4 is 11.1 Å². The molecule has 0 aromatic heterocycles. The normalized spacial score (nSPS) is 14.5. The Morgan fingerprint density at radius 1 is 1.44 bits per heavy atom. The van der Waals surface area contributed by atoms with Crippen molar-refractivity contribution in [2.24, 2.45) is 5.73 Å². The first-order valence-corrected chi connectivity index (χ1v) is 5.70. The molecule has 5 heteroatoms. The zero-order valence-corrected chi connectivity index (χ0v) is 10.5. The van der Waals surface area contributed by atoms with Crippen LogP contribution >= 0.6 is 0 Å². The third kappa shape index (κ3) is 6.76. The van der Waals surface area contributed by atoms with Gasteiger partial charge in [-0.1, -0.05) is 19.8 Å². The summed E-state index contributed by atoms with van der Waals surface area (Å²) < 4.78 is 10.1. The molecule has 0 fully saturated rings. The zero-order valence-electron chi connectivity index (χ0n) is 10.5. The Labute approximate surface area is 97.7 Å². The van der Waals surface area contributed by atoms with Gasteiger partial charge >= 0.3 is 0 Å². The number of amides is 1. The predicted molar refractivity (Wildman–Crippen MR) is 63.2 cm³/mol. The van der Waals surface area contributed by atoms with Gasteiger partial charge in [0.15, 0.2) is 0 Å². The Kier molecular flexibility index (Phi) is 9.18. The molecule has 0 aliphatic carbocycles. The maximum atomic E-state index is 11.5. The Hall–Kier alpha value is -0.650. The van der Waals surface area contributed by atoms with E-state index in [1.165, 1.54) is 0 Å². The fraction of sp³-hybridized carbons (Fsp3) is 0.909. The summed E-state index contributed by atoms with van der Waals surface area (Å²) in [5.74, 6) is -0.119. The lowest BCUT2D eigenvalue weighted by Crippen LogP contribution is -2.44. The maximum absolute atomic E-state index is 11.5. The number of rotatable bonds is 9. The van der Waals surface area contributed by atoms with Gasteiger partial charge in [-0.2, -0.15) is 0 Å². The smallest absolute Gasteiger partial charge is 0.237 e. The van der Waals surface area contributed by atoms with Crippen molar-refractivity contribution in [2.75, 3.05) is 27.4 Å².